The zero-order valence-corrected chi connectivity index (χ0v) is 20.2. The second kappa shape index (κ2) is 10.5. The lowest BCUT2D eigenvalue weighted by Crippen LogP contribution is -2.41. The average Bonchev–Trinajstić information content (AvgIpc) is 2.80. The Kier molecular flexibility index (Phi) is 7.76. The molecule has 3 rings (SSSR count). The molecule has 1 amide bonds. The largest absolute Gasteiger partial charge is 0.494 e. The van der Waals surface area contributed by atoms with Crippen molar-refractivity contribution in [2.45, 2.75) is 38.6 Å². The van der Waals surface area contributed by atoms with Crippen LogP contribution in [0.15, 0.2) is 77.7 Å². The van der Waals surface area contributed by atoms with Crippen LogP contribution in [-0.4, -0.2) is 27.5 Å². The summed E-state index contributed by atoms with van der Waals surface area (Å²) < 4.78 is 33.5. The zero-order chi connectivity index (χ0) is 24.0. The fourth-order valence-corrected chi connectivity index (χ4v) is 4.87. The molecule has 7 heteroatoms. The maximum Gasteiger partial charge on any atom is 0.264 e. The van der Waals surface area contributed by atoms with Crippen molar-refractivity contribution in [3.63, 3.8) is 0 Å². The Morgan fingerprint density at radius 2 is 1.64 bits per heavy atom. The van der Waals surface area contributed by atoms with Gasteiger partial charge in [-0.15, -0.1) is 0 Å². The highest BCUT2D eigenvalue weighted by Crippen LogP contribution is 2.25. The molecule has 0 saturated carbocycles. The molecule has 1 N–H and O–H groups in total. The first-order valence-corrected chi connectivity index (χ1v) is 12.3. The van der Waals surface area contributed by atoms with Crippen LogP contribution in [0.4, 0.5) is 5.69 Å². The number of hydrogen-bond acceptors (Lipinski definition) is 4. The predicted molar refractivity (Wildman–Crippen MR) is 131 cm³/mol. The number of amides is 1. The summed E-state index contributed by atoms with van der Waals surface area (Å²) in [7, 11) is -3.98. The second-order valence-corrected chi connectivity index (χ2v) is 9.75. The summed E-state index contributed by atoms with van der Waals surface area (Å²) in [6.07, 6.45) is 0. The third-order valence-electron chi connectivity index (χ3n) is 5.46. The molecular formula is C26H30N2O4S. The molecule has 33 heavy (non-hydrogen) atoms. The Balaban J connectivity index is 1.85. The lowest BCUT2D eigenvalue weighted by atomic mass is 10.0. The molecule has 0 radical (unpaired) electrons. The summed E-state index contributed by atoms with van der Waals surface area (Å²) >= 11 is 0. The second-order valence-electron chi connectivity index (χ2n) is 7.88. The van der Waals surface area contributed by atoms with E-state index in [-0.39, 0.29) is 23.4 Å². The molecule has 1 unspecified atom stereocenters. The number of anilines is 1. The van der Waals surface area contributed by atoms with Gasteiger partial charge in [0.1, 0.15) is 12.3 Å². The number of sulfonamides is 1. The van der Waals surface area contributed by atoms with Gasteiger partial charge in [-0.2, -0.15) is 0 Å². The first-order valence-electron chi connectivity index (χ1n) is 10.9. The fourth-order valence-electron chi connectivity index (χ4n) is 3.45. The van der Waals surface area contributed by atoms with Crippen LogP contribution in [0.1, 0.15) is 36.6 Å². The van der Waals surface area contributed by atoms with Crippen LogP contribution in [0.25, 0.3) is 0 Å². The Morgan fingerprint density at radius 1 is 0.970 bits per heavy atom. The Hall–Kier alpha value is -3.32. The number of benzene rings is 3. The van der Waals surface area contributed by atoms with E-state index < -0.39 is 10.0 Å². The summed E-state index contributed by atoms with van der Waals surface area (Å²) in [5.41, 5.74) is 3.69. The minimum atomic E-state index is -3.98. The predicted octanol–water partition coefficient (Wildman–Crippen LogP) is 4.77. The topological polar surface area (TPSA) is 75.7 Å². The molecule has 174 valence electrons. The molecule has 0 spiro atoms. The van der Waals surface area contributed by atoms with Gasteiger partial charge in [-0.25, -0.2) is 8.42 Å². The van der Waals surface area contributed by atoms with Crippen LogP contribution < -0.4 is 14.4 Å². The van der Waals surface area contributed by atoms with E-state index in [9.17, 15) is 13.2 Å². The summed E-state index contributed by atoms with van der Waals surface area (Å²) in [5.74, 6) is 0.196. The molecule has 0 aliphatic heterocycles. The zero-order valence-electron chi connectivity index (χ0n) is 19.4. The minimum Gasteiger partial charge on any atom is -0.494 e. The van der Waals surface area contributed by atoms with Gasteiger partial charge in [0.15, 0.2) is 0 Å². The lowest BCUT2D eigenvalue weighted by molar-refractivity contribution is -0.120. The highest BCUT2D eigenvalue weighted by Gasteiger charge is 2.27. The summed E-state index contributed by atoms with van der Waals surface area (Å²) in [5, 5.41) is 2.93. The Labute approximate surface area is 196 Å². The maximum atomic E-state index is 13.5. The van der Waals surface area contributed by atoms with E-state index in [1.165, 1.54) is 17.7 Å². The molecule has 0 fully saturated rings. The van der Waals surface area contributed by atoms with Crippen LogP contribution in [0.5, 0.6) is 5.75 Å². The third kappa shape index (κ3) is 5.93. The van der Waals surface area contributed by atoms with Gasteiger partial charge in [-0.05, 0) is 80.8 Å². The number of ether oxygens (including phenoxy) is 1. The minimum absolute atomic E-state index is 0.0878. The highest BCUT2D eigenvalue weighted by atomic mass is 32.2. The van der Waals surface area contributed by atoms with Crippen molar-refractivity contribution in [2.75, 3.05) is 17.5 Å². The van der Waals surface area contributed by atoms with E-state index in [4.69, 9.17) is 4.74 Å². The molecule has 0 saturated heterocycles. The molecule has 0 heterocycles. The van der Waals surface area contributed by atoms with Crippen LogP contribution in [0, 0.1) is 13.8 Å². The SMILES string of the molecule is CCOc1ccc(S(=O)(=O)N(CC(=O)NC(C)c2ccc(C)c(C)c2)c2ccccc2)cc1. The number of aryl methyl sites for hydroxylation is 2. The molecule has 0 bridgehead atoms. The van der Waals surface area contributed by atoms with Gasteiger partial charge in [-0.3, -0.25) is 9.10 Å². The molecule has 1 atom stereocenters. The van der Waals surface area contributed by atoms with Gasteiger partial charge in [0.05, 0.1) is 23.2 Å². The molecule has 3 aromatic carbocycles. The van der Waals surface area contributed by atoms with Crippen molar-refractivity contribution in [1.29, 1.82) is 0 Å². The number of nitrogens with zero attached hydrogens (tertiary/aromatic N) is 1. The van der Waals surface area contributed by atoms with Gasteiger partial charge < -0.3 is 10.1 Å². The van der Waals surface area contributed by atoms with E-state index in [1.54, 1.807) is 42.5 Å². The summed E-state index contributed by atoms with van der Waals surface area (Å²) in [6.45, 7) is 7.95. The number of carbonyl (C=O) groups excluding carboxylic acids is 1. The lowest BCUT2D eigenvalue weighted by Gasteiger charge is -2.25. The van der Waals surface area contributed by atoms with E-state index in [1.807, 2.05) is 45.9 Å². The molecule has 0 aliphatic carbocycles. The molecule has 0 aromatic heterocycles. The normalized spacial score (nSPS) is 12.1. The summed E-state index contributed by atoms with van der Waals surface area (Å²) in [4.78, 5) is 13.0. The standard InChI is InChI=1S/C26H30N2O4S/c1-5-32-24-13-15-25(16-14-24)33(30,31)28(23-9-7-6-8-10-23)18-26(29)27-21(4)22-12-11-19(2)20(3)17-22/h6-17,21H,5,18H2,1-4H3,(H,27,29). The van der Waals surface area contributed by atoms with Crippen molar-refractivity contribution in [1.82, 2.24) is 5.32 Å². The maximum absolute atomic E-state index is 13.5. The quantitative estimate of drug-likeness (QED) is 0.493. The Morgan fingerprint density at radius 3 is 2.24 bits per heavy atom. The monoisotopic (exact) mass is 466 g/mol. The van der Waals surface area contributed by atoms with Gasteiger partial charge in [0, 0.05) is 0 Å². The van der Waals surface area contributed by atoms with E-state index in [0.29, 0.717) is 18.0 Å². The van der Waals surface area contributed by atoms with Crippen molar-refractivity contribution in [3.8, 4) is 5.75 Å². The van der Waals surface area contributed by atoms with Crippen molar-refractivity contribution < 1.29 is 17.9 Å². The number of rotatable bonds is 9. The molecule has 0 aliphatic rings. The smallest absolute Gasteiger partial charge is 0.264 e. The van der Waals surface area contributed by atoms with Crippen LogP contribution >= 0.6 is 0 Å². The van der Waals surface area contributed by atoms with Crippen molar-refractivity contribution >= 4 is 21.6 Å². The number of carbonyl (C=O) groups is 1. The summed E-state index contributed by atoms with van der Waals surface area (Å²) in [6, 6.07) is 20.6. The number of hydrogen-bond donors (Lipinski definition) is 1. The first kappa shape index (κ1) is 24.3. The van der Waals surface area contributed by atoms with E-state index in [2.05, 4.69) is 5.32 Å². The average molecular weight is 467 g/mol. The van der Waals surface area contributed by atoms with Gasteiger partial charge in [0.25, 0.3) is 10.0 Å². The van der Waals surface area contributed by atoms with E-state index >= 15 is 0 Å². The van der Waals surface area contributed by atoms with Crippen LogP contribution in [0.2, 0.25) is 0 Å². The van der Waals surface area contributed by atoms with Crippen LogP contribution in [0.3, 0.4) is 0 Å². The fraction of sp³-hybridized carbons (Fsp3) is 0.269. The van der Waals surface area contributed by atoms with Crippen molar-refractivity contribution in [2.24, 2.45) is 0 Å². The van der Waals surface area contributed by atoms with Crippen molar-refractivity contribution in [3.05, 3.63) is 89.5 Å². The Bertz CT molecular complexity index is 1190. The first-order chi connectivity index (χ1) is 15.7. The molecule has 3 aromatic rings. The number of nitrogens with one attached hydrogen (secondary N) is 1. The van der Waals surface area contributed by atoms with E-state index in [0.717, 1.165) is 15.4 Å². The third-order valence-corrected chi connectivity index (χ3v) is 7.25. The van der Waals surface area contributed by atoms with Gasteiger partial charge >= 0.3 is 0 Å². The highest BCUT2D eigenvalue weighted by molar-refractivity contribution is 7.92. The van der Waals surface area contributed by atoms with Gasteiger partial charge in [-0.1, -0.05) is 36.4 Å². The molecular weight excluding hydrogens is 436 g/mol. The van der Waals surface area contributed by atoms with Crippen LogP contribution in [-0.2, 0) is 14.8 Å². The molecule has 6 nitrogen and oxygen atoms in total. The number of para-hydroxylation sites is 1. The van der Waals surface area contributed by atoms with Gasteiger partial charge in [0.2, 0.25) is 5.91 Å².